The SMILES string of the molecule is Cn1cnc(S(=O)(=O)Nc2ccccc2C#CCO)c1. The molecule has 0 aliphatic heterocycles. The summed E-state index contributed by atoms with van der Waals surface area (Å²) in [4.78, 5) is 3.81. The first-order valence-electron chi connectivity index (χ1n) is 5.72. The van der Waals surface area contributed by atoms with Crippen molar-refractivity contribution in [3.63, 3.8) is 0 Å². The Morgan fingerprint density at radius 1 is 1.40 bits per heavy atom. The van der Waals surface area contributed by atoms with E-state index in [1.165, 1.54) is 12.5 Å². The van der Waals surface area contributed by atoms with Gasteiger partial charge in [-0.25, -0.2) is 4.98 Å². The quantitative estimate of drug-likeness (QED) is 0.810. The van der Waals surface area contributed by atoms with Crippen LogP contribution in [0.15, 0.2) is 41.8 Å². The van der Waals surface area contributed by atoms with Crippen LogP contribution in [0.1, 0.15) is 5.56 Å². The van der Waals surface area contributed by atoms with E-state index in [-0.39, 0.29) is 11.6 Å². The lowest BCUT2D eigenvalue weighted by molar-refractivity contribution is 0.350. The van der Waals surface area contributed by atoms with Crippen molar-refractivity contribution >= 4 is 15.7 Å². The Kier molecular flexibility index (Phi) is 4.08. The summed E-state index contributed by atoms with van der Waals surface area (Å²) in [6.45, 7) is -0.290. The van der Waals surface area contributed by atoms with Crippen molar-refractivity contribution in [1.82, 2.24) is 9.55 Å². The zero-order chi connectivity index (χ0) is 14.6. The molecule has 0 aliphatic carbocycles. The maximum atomic E-state index is 12.2. The van der Waals surface area contributed by atoms with Gasteiger partial charge >= 0.3 is 0 Å². The fraction of sp³-hybridized carbons (Fsp3) is 0.154. The van der Waals surface area contributed by atoms with Gasteiger partial charge in [-0.05, 0) is 12.1 Å². The van der Waals surface area contributed by atoms with Crippen molar-refractivity contribution in [2.24, 2.45) is 7.05 Å². The first-order valence-corrected chi connectivity index (χ1v) is 7.21. The highest BCUT2D eigenvalue weighted by molar-refractivity contribution is 7.92. The second-order valence-corrected chi connectivity index (χ2v) is 5.62. The second-order valence-electron chi connectivity index (χ2n) is 3.99. The number of hydrogen-bond acceptors (Lipinski definition) is 4. The van der Waals surface area contributed by atoms with Crippen LogP contribution in [0.4, 0.5) is 5.69 Å². The molecular weight excluding hydrogens is 278 g/mol. The predicted octanol–water partition coefficient (Wildman–Crippen LogP) is 0.565. The number of para-hydroxylation sites is 1. The molecule has 0 radical (unpaired) electrons. The highest BCUT2D eigenvalue weighted by Crippen LogP contribution is 2.18. The lowest BCUT2D eigenvalue weighted by Gasteiger charge is -2.07. The van der Waals surface area contributed by atoms with Gasteiger partial charge < -0.3 is 9.67 Å². The number of imidazole rings is 1. The zero-order valence-corrected chi connectivity index (χ0v) is 11.6. The summed E-state index contributed by atoms with van der Waals surface area (Å²) in [5.41, 5.74) is 0.833. The monoisotopic (exact) mass is 291 g/mol. The van der Waals surface area contributed by atoms with E-state index in [9.17, 15) is 8.42 Å². The van der Waals surface area contributed by atoms with E-state index in [0.29, 0.717) is 11.3 Å². The fourth-order valence-corrected chi connectivity index (χ4v) is 2.60. The van der Waals surface area contributed by atoms with Crippen molar-refractivity contribution in [2.75, 3.05) is 11.3 Å². The van der Waals surface area contributed by atoms with Gasteiger partial charge in [-0.15, -0.1) is 0 Å². The third-order valence-corrected chi connectivity index (χ3v) is 3.68. The average Bonchev–Trinajstić information content (AvgIpc) is 2.85. The Labute approximate surface area is 117 Å². The molecule has 1 aromatic carbocycles. The highest BCUT2D eigenvalue weighted by atomic mass is 32.2. The van der Waals surface area contributed by atoms with Gasteiger partial charge in [-0.2, -0.15) is 8.42 Å². The molecule has 0 bridgehead atoms. The molecule has 104 valence electrons. The van der Waals surface area contributed by atoms with Gasteiger partial charge in [0.2, 0.25) is 0 Å². The summed E-state index contributed by atoms with van der Waals surface area (Å²) >= 11 is 0. The molecule has 7 heteroatoms. The number of anilines is 1. The molecule has 0 spiro atoms. The number of aromatic nitrogens is 2. The van der Waals surface area contributed by atoms with Gasteiger partial charge in [0.1, 0.15) is 6.61 Å². The van der Waals surface area contributed by atoms with E-state index in [1.54, 1.807) is 35.9 Å². The Hall–Kier alpha value is -2.30. The molecule has 0 atom stereocenters. The van der Waals surface area contributed by atoms with Gasteiger partial charge in [-0.3, -0.25) is 4.72 Å². The maximum Gasteiger partial charge on any atom is 0.280 e. The standard InChI is InChI=1S/C13H13N3O3S/c1-16-9-13(14-10-16)20(18,19)15-12-7-3-2-5-11(12)6-4-8-17/h2-3,5,7,9-10,15,17H,8H2,1H3. The minimum atomic E-state index is -3.75. The van der Waals surface area contributed by atoms with Crippen molar-refractivity contribution in [1.29, 1.82) is 0 Å². The molecule has 0 amide bonds. The van der Waals surface area contributed by atoms with Gasteiger partial charge in [0.05, 0.1) is 12.0 Å². The van der Waals surface area contributed by atoms with Crippen LogP contribution in [0, 0.1) is 11.8 Å². The van der Waals surface area contributed by atoms with Crippen molar-refractivity contribution in [3.8, 4) is 11.8 Å². The number of aryl methyl sites for hydroxylation is 1. The van der Waals surface area contributed by atoms with Crippen LogP contribution in [0.2, 0.25) is 0 Å². The highest BCUT2D eigenvalue weighted by Gasteiger charge is 2.18. The van der Waals surface area contributed by atoms with Crippen LogP contribution >= 0.6 is 0 Å². The molecule has 20 heavy (non-hydrogen) atoms. The number of nitrogens with one attached hydrogen (secondary N) is 1. The number of sulfonamides is 1. The molecule has 0 aliphatic rings. The first kappa shape index (κ1) is 14.1. The third kappa shape index (κ3) is 3.17. The number of hydrogen-bond donors (Lipinski definition) is 2. The minimum Gasteiger partial charge on any atom is -0.384 e. The molecule has 6 nitrogen and oxygen atoms in total. The lowest BCUT2D eigenvalue weighted by Crippen LogP contribution is -2.14. The largest absolute Gasteiger partial charge is 0.384 e. The van der Waals surface area contributed by atoms with E-state index in [0.717, 1.165) is 0 Å². The number of aliphatic hydroxyl groups is 1. The molecule has 2 rings (SSSR count). The van der Waals surface area contributed by atoms with Crippen LogP contribution in [-0.4, -0.2) is 29.7 Å². The summed E-state index contributed by atoms with van der Waals surface area (Å²) in [6.07, 6.45) is 2.82. The van der Waals surface area contributed by atoms with Gasteiger partial charge in [-0.1, -0.05) is 24.0 Å². The Morgan fingerprint density at radius 3 is 2.80 bits per heavy atom. The van der Waals surface area contributed by atoms with E-state index in [4.69, 9.17) is 5.11 Å². The van der Waals surface area contributed by atoms with Gasteiger partial charge in [0, 0.05) is 18.8 Å². The summed E-state index contributed by atoms with van der Waals surface area (Å²) in [6, 6.07) is 6.70. The van der Waals surface area contributed by atoms with E-state index >= 15 is 0 Å². The van der Waals surface area contributed by atoms with E-state index < -0.39 is 10.0 Å². The number of aliphatic hydroxyl groups excluding tert-OH is 1. The average molecular weight is 291 g/mol. The molecular formula is C13H13N3O3S. The smallest absolute Gasteiger partial charge is 0.280 e. The molecule has 1 heterocycles. The second kappa shape index (κ2) is 5.77. The van der Waals surface area contributed by atoms with Crippen LogP contribution < -0.4 is 4.72 Å². The lowest BCUT2D eigenvalue weighted by atomic mass is 10.2. The molecule has 0 fully saturated rings. The summed E-state index contributed by atoms with van der Waals surface area (Å²) in [7, 11) is -2.07. The normalized spacial score (nSPS) is 10.7. The van der Waals surface area contributed by atoms with Gasteiger partial charge in [0.15, 0.2) is 5.03 Å². The Morgan fingerprint density at radius 2 is 2.15 bits per heavy atom. The van der Waals surface area contributed by atoms with Crippen molar-refractivity contribution in [2.45, 2.75) is 5.03 Å². The number of rotatable bonds is 3. The summed E-state index contributed by atoms with van der Waals surface area (Å²) in [5.74, 6) is 5.18. The maximum absolute atomic E-state index is 12.2. The summed E-state index contributed by atoms with van der Waals surface area (Å²) < 4.78 is 28.3. The predicted molar refractivity (Wildman–Crippen MR) is 74.4 cm³/mol. The number of nitrogens with zero attached hydrogens (tertiary/aromatic N) is 2. The van der Waals surface area contributed by atoms with Crippen molar-refractivity contribution in [3.05, 3.63) is 42.4 Å². The fourth-order valence-electron chi connectivity index (χ4n) is 1.54. The molecule has 0 unspecified atom stereocenters. The van der Waals surface area contributed by atoms with Crippen molar-refractivity contribution < 1.29 is 13.5 Å². The molecule has 0 saturated carbocycles. The van der Waals surface area contributed by atoms with Crippen LogP contribution in [0.5, 0.6) is 0 Å². The first-order chi connectivity index (χ1) is 9.53. The Balaban J connectivity index is 2.35. The van der Waals surface area contributed by atoms with E-state index in [2.05, 4.69) is 21.5 Å². The topological polar surface area (TPSA) is 84.2 Å². The summed E-state index contributed by atoms with van der Waals surface area (Å²) in [5, 5.41) is 8.64. The van der Waals surface area contributed by atoms with Crippen LogP contribution in [-0.2, 0) is 17.1 Å². The van der Waals surface area contributed by atoms with Crippen LogP contribution in [0.3, 0.4) is 0 Å². The molecule has 2 N–H and O–H groups in total. The Bertz CT molecular complexity index is 769. The van der Waals surface area contributed by atoms with E-state index in [1.807, 2.05) is 0 Å². The molecule has 1 aromatic heterocycles. The number of benzene rings is 1. The molecule has 0 saturated heterocycles. The van der Waals surface area contributed by atoms with Crippen LogP contribution in [0.25, 0.3) is 0 Å². The van der Waals surface area contributed by atoms with Gasteiger partial charge in [0.25, 0.3) is 10.0 Å². The minimum absolute atomic E-state index is 0.0649. The molecule has 2 aromatic rings. The third-order valence-electron chi connectivity index (χ3n) is 2.43. The zero-order valence-electron chi connectivity index (χ0n) is 10.7.